The van der Waals surface area contributed by atoms with Crippen molar-refractivity contribution in [3.05, 3.63) is 63.6 Å². The van der Waals surface area contributed by atoms with E-state index >= 15 is 0 Å². The minimum absolute atomic E-state index is 0.0476. The van der Waals surface area contributed by atoms with Gasteiger partial charge in [0.05, 0.1) is 16.1 Å². The lowest BCUT2D eigenvalue weighted by Crippen LogP contribution is -2.04. The molecule has 108 valence electrons. The third kappa shape index (κ3) is 3.78. The number of Topliss-reactive ketones (excluding diaryl/α,β-unsaturated/α-hetero) is 1. The molecule has 0 aromatic heterocycles. The molecule has 0 saturated heterocycles. The fourth-order valence-corrected chi connectivity index (χ4v) is 2.36. The van der Waals surface area contributed by atoms with Gasteiger partial charge in [-0.25, -0.2) is 0 Å². The van der Waals surface area contributed by atoms with Crippen LogP contribution < -0.4 is 4.74 Å². The van der Waals surface area contributed by atoms with Crippen molar-refractivity contribution < 1.29 is 9.53 Å². The molecule has 0 spiro atoms. The smallest absolute Gasteiger partial charge is 0.167 e. The average molecular weight is 321 g/mol. The Kier molecular flexibility index (Phi) is 4.18. The first-order chi connectivity index (χ1) is 10.1. The second kappa shape index (κ2) is 6.08. The summed E-state index contributed by atoms with van der Waals surface area (Å²) in [4.78, 5) is 12.2. The van der Waals surface area contributed by atoms with Crippen molar-refractivity contribution in [1.29, 1.82) is 0 Å². The van der Waals surface area contributed by atoms with E-state index in [1.54, 1.807) is 24.3 Å². The van der Waals surface area contributed by atoms with Crippen LogP contribution in [0.4, 0.5) is 0 Å². The molecule has 0 amide bonds. The van der Waals surface area contributed by atoms with Gasteiger partial charge in [0.25, 0.3) is 0 Å². The Bertz CT molecular complexity index is 661. The third-order valence-corrected chi connectivity index (χ3v) is 4.09. The monoisotopic (exact) mass is 320 g/mol. The van der Waals surface area contributed by atoms with Crippen molar-refractivity contribution in [2.75, 3.05) is 0 Å². The van der Waals surface area contributed by atoms with Crippen molar-refractivity contribution in [3.8, 4) is 5.75 Å². The number of halogens is 2. The molecular formula is C17H14Cl2O2. The van der Waals surface area contributed by atoms with Crippen LogP contribution in [0.3, 0.4) is 0 Å². The summed E-state index contributed by atoms with van der Waals surface area (Å²) in [5, 5.41) is 0.963. The topological polar surface area (TPSA) is 26.3 Å². The van der Waals surface area contributed by atoms with Gasteiger partial charge in [-0.05, 0) is 54.8 Å². The van der Waals surface area contributed by atoms with Gasteiger partial charge in [0.1, 0.15) is 5.75 Å². The molecule has 1 aliphatic carbocycles. The molecule has 0 radical (unpaired) electrons. The Labute approximate surface area is 133 Å². The van der Waals surface area contributed by atoms with E-state index in [-0.39, 0.29) is 5.78 Å². The van der Waals surface area contributed by atoms with Crippen LogP contribution in [0.1, 0.15) is 28.8 Å². The summed E-state index contributed by atoms with van der Waals surface area (Å²) in [7, 11) is 0. The van der Waals surface area contributed by atoms with Gasteiger partial charge >= 0.3 is 0 Å². The third-order valence-electron chi connectivity index (χ3n) is 3.35. The number of ketones is 1. The van der Waals surface area contributed by atoms with Crippen molar-refractivity contribution in [3.63, 3.8) is 0 Å². The molecule has 2 nitrogen and oxygen atoms in total. The minimum atomic E-state index is 0.0476. The van der Waals surface area contributed by atoms with Crippen LogP contribution >= 0.6 is 23.2 Å². The quantitative estimate of drug-likeness (QED) is 0.728. The van der Waals surface area contributed by atoms with Gasteiger partial charge < -0.3 is 4.74 Å². The molecule has 0 aliphatic heterocycles. The number of carbonyl (C=O) groups excluding carboxylic acids is 1. The van der Waals surface area contributed by atoms with Gasteiger partial charge in [0.15, 0.2) is 5.78 Å². The number of carbonyl (C=O) groups is 1. The standard InChI is InChI=1S/C17H14Cl2O2/c18-15-8-1-11(9-16(15)19)10-17(20)12-2-4-13(5-3-12)21-14-6-7-14/h1-5,8-9,14H,6-7,10H2. The molecule has 0 unspecified atom stereocenters. The lowest BCUT2D eigenvalue weighted by atomic mass is 10.0. The van der Waals surface area contributed by atoms with Gasteiger partial charge in [-0.1, -0.05) is 29.3 Å². The zero-order valence-electron chi connectivity index (χ0n) is 11.3. The van der Waals surface area contributed by atoms with Crippen LogP contribution in [0.15, 0.2) is 42.5 Å². The highest BCUT2D eigenvalue weighted by Crippen LogP contribution is 2.27. The van der Waals surface area contributed by atoms with Gasteiger partial charge in [-0.3, -0.25) is 4.79 Å². The summed E-state index contributed by atoms with van der Waals surface area (Å²) in [6.07, 6.45) is 2.91. The second-order valence-electron chi connectivity index (χ2n) is 5.19. The molecule has 4 heteroatoms. The summed E-state index contributed by atoms with van der Waals surface area (Å²) >= 11 is 11.8. The Morgan fingerprint density at radius 1 is 1.05 bits per heavy atom. The van der Waals surface area contributed by atoms with E-state index in [2.05, 4.69) is 0 Å². The maximum Gasteiger partial charge on any atom is 0.167 e. The zero-order chi connectivity index (χ0) is 14.8. The van der Waals surface area contributed by atoms with E-state index in [9.17, 15) is 4.79 Å². The van der Waals surface area contributed by atoms with Crippen LogP contribution in [0, 0.1) is 0 Å². The molecule has 0 heterocycles. The highest BCUT2D eigenvalue weighted by atomic mass is 35.5. The van der Waals surface area contributed by atoms with E-state index in [0.717, 1.165) is 24.2 Å². The number of rotatable bonds is 5. The highest BCUT2D eigenvalue weighted by molar-refractivity contribution is 6.42. The van der Waals surface area contributed by atoms with Crippen molar-refractivity contribution in [2.45, 2.75) is 25.4 Å². The summed E-state index contributed by atoms with van der Waals surface area (Å²) in [6, 6.07) is 12.6. The Morgan fingerprint density at radius 2 is 1.76 bits per heavy atom. The first-order valence-corrected chi connectivity index (χ1v) is 7.61. The molecule has 2 aromatic rings. The average Bonchev–Trinajstić information content (AvgIpc) is 3.28. The molecular weight excluding hydrogens is 307 g/mol. The van der Waals surface area contributed by atoms with Crippen molar-refractivity contribution in [2.24, 2.45) is 0 Å². The van der Waals surface area contributed by atoms with Crippen LogP contribution in [0.2, 0.25) is 10.0 Å². The zero-order valence-corrected chi connectivity index (χ0v) is 12.8. The molecule has 2 aromatic carbocycles. The van der Waals surface area contributed by atoms with E-state index in [1.165, 1.54) is 0 Å². The number of hydrogen-bond donors (Lipinski definition) is 0. The normalized spacial score (nSPS) is 14.0. The Balaban J connectivity index is 1.67. The van der Waals surface area contributed by atoms with Crippen molar-refractivity contribution in [1.82, 2.24) is 0 Å². The molecule has 3 rings (SSSR count). The second-order valence-corrected chi connectivity index (χ2v) is 6.00. The van der Waals surface area contributed by atoms with Gasteiger partial charge in [0.2, 0.25) is 0 Å². The van der Waals surface area contributed by atoms with Crippen LogP contribution in [-0.4, -0.2) is 11.9 Å². The van der Waals surface area contributed by atoms with E-state index < -0.39 is 0 Å². The summed E-state index contributed by atoms with van der Waals surface area (Å²) in [6.45, 7) is 0. The van der Waals surface area contributed by atoms with Crippen LogP contribution in [0.25, 0.3) is 0 Å². The van der Waals surface area contributed by atoms with E-state index in [1.807, 2.05) is 18.2 Å². The predicted molar refractivity (Wildman–Crippen MR) is 84.6 cm³/mol. The van der Waals surface area contributed by atoms with Crippen LogP contribution in [-0.2, 0) is 6.42 Å². The molecule has 21 heavy (non-hydrogen) atoms. The molecule has 1 aliphatic rings. The Hall–Kier alpha value is -1.51. The fourth-order valence-electron chi connectivity index (χ4n) is 2.03. The van der Waals surface area contributed by atoms with Gasteiger partial charge in [0, 0.05) is 12.0 Å². The fraction of sp³-hybridized carbons (Fsp3) is 0.235. The number of hydrogen-bond acceptors (Lipinski definition) is 2. The first kappa shape index (κ1) is 14.4. The van der Waals surface area contributed by atoms with Crippen molar-refractivity contribution >= 4 is 29.0 Å². The molecule has 1 saturated carbocycles. The first-order valence-electron chi connectivity index (χ1n) is 6.85. The van der Waals surface area contributed by atoms with Crippen LogP contribution in [0.5, 0.6) is 5.75 Å². The highest BCUT2D eigenvalue weighted by Gasteiger charge is 2.23. The Morgan fingerprint density at radius 3 is 2.38 bits per heavy atom. The van der Waals surface area contributed by atoms with Gasteiger partial charge in [-0.2, -0.15) is 0 Å². The molecule has 0 bridgehead atoms. The predicted octanol–water partition coefficient (Wildman–Crippen LogP) is 4.96. The lowest BCUT2D eigenvalue weighted by Gasteiger charge is -2.06. The summed E-state index contributed by atoms with van der Waals surface area (Å²) in [5.41, 5.74) is 1.52. The minimum Gasteiger partial charge on any atom is -0.490 e. The number of ether oxygens (including phenoxy) is 1. The maximum absolute atomic E-state index is 12.2. The molecule has 1 fully saturated rings. The van der Waals surface area contributed by atoms with E-state index in [0.29, 0.717) is 28.1 Å². The van der Waals surface area contributed by atoms with E-state index in [4.69, 9.17) is 27.9 Å². The number of benzene rings is 2. The summed E-state index contributed by atoms with van der Waals surface area (Å²) < 4.78 is 5.66. The lowest BCUT2D eigenvalue weighted by molar-refractivity contribution is 0.0993. The SMILES string of the molecule is O=C(Cc1ccc(Cl)c(Cl)c1)c1ccc(OC2CC2)cc1. The summed E-state index contributed by atoms with van der Waals surface area (Å²) in [5.74, 6) is 0.870. The molecule has 0 N–H and O–H groups in total. The largest absolute Gasteiger partial charge is 0.490 e. The molecule has 0 atom stereocenters. The van der Waals surface area contributed by atoms with Gasteiger partial charge in [-0.15, -0.1) is 0 Å². The maximum atomic E-state index is 12.2.